The monoisotopic (exact) mass is 302 g/mol. The van der Waals surface area contributed by atoms with E-state index in [4.69, 9.17) is 0 Å². The highest BCUT2D eigenvalue weighted by Gasteiger charge is 2.78. The van der Waals surface area contributed by atoms with Crippen molar-refractivity contribution in [2.45, 2.75) is 43.5 Å². The molecule has 2 aliphatic carbocycles. The lowest BCUT2D eigenvalue weighted by molar-refractivity contribution is -0.444. The molecule has 2 fully saturated rings. The van der Waals surface area contributed by atoms with Crippen LogP contribution in [0.5, 0.6) is 0 Å². The molecule has 1 saturated carbocycles. The number of ether oxygens (including phenoxy) is 2. The van der Waals surface area contributed by atoms with Gasteiger partial charge in [-0.25, -0.2) is 0 Å². The molecule has 114 valence electrons. The fraction of sp³-hybridized carbons (Fsp3) is 0.833. The summed E-state index contributed by atoms with van der Waals surface area (Å²) in [6.45, 7) is -0.698. The average Bonchev–Trinajstić information content (AvgIpc) is 3.01. The van der Waals surface area contributed by atoms with Crippen LogP contribution in [0.25, 0.3) is 0 Å². The summed E-state index contributed by atoms with van der Waals surface area (Å²) in [5.41, 5.74) is -0.747. The SMILES string of the molecule is FC(F)(F)C1(C(F)(F)F)OCC(C23C=CC(CC2)C3)O1. The molecule has 20 heavy (non-hydrogen) atoms. The first-order valence-corrected chi connectivity index (χ1v) is 6.24. The molecule has 0 aromatic heterocycles. The Morgan fingerprint density at radius 3 is 2.05 bits per heavy atom. The van der Waals surface area contributed by atoms with Gasteiger partial charge < -0.3 is 9.47 Å². The van der Waals surface area contributed by atoms with Crippen LogP contribution in [0.2, 0.25) is 0 Å². The van der Waals surface area contributed by atoms with Gasteiger partial charge in [0.25, 0.3) is 0 Å². The third-order valence-corrected chi connectivity index (χ3v) is 4.46. The summed E-state index contributed by atoms with van der Waals surface area (Å²) in [5.74, 6) is -4.26. The zero-order valence-electron chi connectivity index (χ0n) is 10.2. The minimum absolute atomic E-state index is 0.227. The maximum absolute atomic E-state index is 12.8. The maximum atomic E-state index is 12.8. The maximum Gasteiger partial charge on any atom is 0.453 e. The minimum Gasteiger partial charge on any atom is -0.333 e. The van der Waals surface area contributed by atoms with E-state index in [1.54, 1.807) is 6.08 Å². The Hall–Kier alpha value is -0.760. The molecule has 0 aromatic carbocycles. The normalized spacial score (nSPS) is 39.7. The first kappa shape index (κ1) is 14.2. The van der Waals surface area contributed by atoms with Crippen LogP contribution in [0.3, 0.4) is 0 Å². The molecule has 0 aromatic rings. The van der Waals surface area contributed by atoms with Gasteiger partial charge in [0, 0.05) is 5.41 Å². The molecule has 8 heteroatoms. The highest BCUT2D eigenvalue weighted by molar-refractivity contribution is 5.19. The zero-order valence-corrected chi connectivity index (χ0v) is 10.2. The Labute approximate surface area is 110 Å². The molecule has 0 spiro atoms. The van der Waals surface area contributed by atoms with E-state index in [1.807, 2.05) is 6.08 Å². The van der Waals surface area contributed by atoms with Crippen molar-refractivity contribution in [2.24, 2.45) is 11.3 Å². The molecule has 3 unspecified atom stereocenters. The lowest BCUT2D eigenvalue weighted by atomic mass is 9.82. The van der Waals surface area contributed by atoms with Gasteiger partial charge in [0.2, 0.25) is 0 Å². The molecule has 1 heterocycles. The number of alkyl halides is 6. The van der Waals surface area contributed by atoms with Crippen molar-refractivity contribution in [3.05, 3.63) is 12.2 Å². The fourth-order valence-electron chi connectivity index (χ4n) is 3.39. The molecular formula is C12H12F6O2. The van der Waals surface area contributed by atoms with E-state index in [0.717, 1.165) is 6.42 Å². The molecule has 3 rings (SSSR count). The van der Waals surface area contributed by atoms with Gasteiger partial charge in [-0.2, -0.15) is 26.3 Å². The van der Waals surface area contributed by atoms with Crippen LogP contribution in [0, 0.1) is 11.3 Å². The first-order valence-electron chi connectivity index (χ1n) is 6.24. The van der Waals surface area contributed by atoms with E-state index in [1.165, 1.54) is 0 Å². The van der Waals surface area contributed by atoms with E-state index < -0.39 is 36.3 Å². The molecule has 1 saturated heterocycles. The molecule has 0 amide bonds. The van der Waals surface area contributed by atoms with Gasteiger partial charge in [-0.05, 0) is 25.2 Å². The standard InChI is InChI=1S/C12H12F6O2/c13-11(14,15)10(12(16,17)18)19-6-8(20-10)9-3-1-7(5-9)2-4-9/h1,3,7-8H,2,4-6H2. The van der Waals surface area contributed by atoms with Crippen LogP contribution in [0.15, 0.2) is 12.2 Å². The summed E-state index contributed by atoms with van der Waals surface area (Å²) >= 11 is 0. The van der Waals surface area contributed by atoms with E-state index in [2.05, 4.69) is 9.47 Å². The highest BCUT2D eigenvalue weighted by atomic mass is 19.4. The summed E-state index contributed by atoms with van der Waals surface area (Å²) < 4.78 is 85.5. The predicted molar refractivity (Wildman–Crippen MR) is 54.6 cm³/mol. The highest BCUT2D eigenvalue weighted by Crippen LogP contribution is 2.58. The Kier molecular flexibility index (Phi) is 2.77. The molecule has 1 aliphatic heterocycles. The van der Waals surface area contributed by atoms with Gasteiger partial charge in [-0.3, -0.25) is 0 Å². The molecular weight excluding hydrogens is 290 g/mol. The van der Waals surface area contributed by atoms with Gasteiger partial charge in [0.1, 0.15) is 0 Å². The van der Waals surface area contributed by atoms with E-state index in [9.17, 15) is 26.3 Å². The van der Waals surface area contributed by atoms with Crippen LogP contribution in [0.1, 0.15) is 19.3 Å². The van der Waals surface area contributed by atoms with Gasteiger partial charge in [-0.15, -0.1) is 0 Å². The minimum atomic E-state index is -5.66. The van der Waals surface area contributed by atoms with Gasteiger partial charge >= 0.3 is 18.1 Å². The average molecular weight is 302 g/mol. The lowest BCUT2D eigenvalue weighted by Crippen LogP contribution is -2.58. The number of halogens is 6. The predicted octanol–water partition coefficient (Wildman–Crippen LogP) is 3.58. The van der Waals surface area contributed by atoms with Crippen molar-refractivity contribution in [3.8, 4) is 0 Å². The summed E-state index contributed by atoms with van der Waals surface area (Å²) in [5, 5.41) is 0. The van der Waals surface area contributed by atoms with Gasteiger partial charge in [-0.1, -0.05) is 12.2 Å². The first-order chi connectivity index (χ1) is 9.10. The summed E-state index contributed by atoms with van der Waals surface area (Å²) in [6, 6.07) is 0. The molecule has 2 nitrogen and oxygen atoms in total. The van der Waals surface area contributed by atoms with Crippen LogP contribution in [-0.2, 0) is 9.47 Å². The van der Waals surface area contributed by atoms with Gasteiger partial charge in [0.15, 0.2) is 0 Å². The number of fused-ring (bicyclic) bond motifs is 2. The molecule has 2 bridgehead atoms. The Morgan fingerprint density at radius 1 is 1.05 bits per heavy atom. The molecule has 0 N–H and O–H groups in total. The molecule has 3 atom stereocenters. The Bertz CT molecular complexity index is 426. The summed E-state index contributed by atoms with van der Waals surface area (Å²) in [7, 11) is 0. The summed E-state index contributed by atoms with van der Waals surface area (Å²) in [4.78, 5) is 0. The number of allylic oxidation sites excluding steroid dienone is 1. The quantitative estimate of drug-likeness (QED) is 0.544. The summed E-state index contributed by atoms with van der Waals surface area (Å²) in [6.07, 6.45) is -7.16. The van der Waals surface area contributed by atoms with Crippen molar-refractivity contribution in [3.63, 3.8) is 0 Å². The van der Waals surface area contributed by atoms with Crippen molar-refractivity contribution >= 4 is 0 Å². The van der Waals surface area contributed by atoms with Crippen LogP contribution >= 0.6 is 0 Å². The number of rotatable bonds is 1. The zero-order chi connectivity index (χ0) is 14.8. The van der Waals surface area contributed by atoms with Crippen molar-refractivity contribution in [2.75, 3.05) is 6.61 Å². The second-order valence-corrected chi connectivity index (χ2v) is 5.62. The van der Waals surface area contributed by atoms with Crippen molar-refractivity contribution in [1.82, 2.24) is 0 Å². The van der Waals surface area contributed by atoms with Crippen molar-refractivity contribution < 1.29 is 35.8 Å². The second kappa shape index (κ2) is 3.91. The topological polar surface area (TPSA) is 18.5 Å². The lowest BCUT2D eigenvalue weighted by Gasteiger charge is -2.34. The van der Waals surface area contributed by atoms with E-state index >= 15 is 0 Å². The number of hydrogen-bond acceptors (Lipinski definition) is 2. The fourth-order valence-corrected chi connectivity index (χ4v) is 3.39. The third kappa shape index (κ3) is 1.73. The van der Waals surface area contributed by atoms with Crippen LogP contribution < -0.4 is 0 Å². The largest absolute Gasteiger partial charge is 0.453 e. The molecule has 3 aliphatic rings. The van der Waals surface area contributed by atoms with E-state index in [-0.39, 0.29) is 5.92 Å². The number of hydrogen-bond donors (Lipinski definition) is 0. The smallest absolute Gasteiger partial charge is 0.333 e. The van der Waals surface area contributed by atoms with Gasteiger partial charge in [0.05, 0.1) is 12.7 Å². The van der Waals surface area contributed by atoms with E-state index in [0.29, 0.717) is 12.8 Å². The van der Waals surface area contributed by atoms with Crippen molar-refractivity contribution in [1.29, 1.82) is 0 Å². The van der Waals surface area contributed by atoms with Crippen LogP contribution in [0.4, 0.5) is 26.3 Å². The third-order valence-electron chi connectivity index (χ3n) is 4.46. The van der Waals surface area contributed by atoms with Crippen LogP contribution in [-0.4, -0.2) is 30.9 Å². The molecule has 0 radical (unpaired) electrons. The Morgan fingerprint density at radius 2 is 1.70 bits per heavy atom. The second-order valence-electron chi connectivity index (χ2n) is 5.62. The Balaban J connectivity index is 1.89.